The van der Waals surface area contributed by atoms with E-state index in [9.17, 15) is 0 Å². The number of halogens is 1. The van der Waals surface area contributed by atoms with E-state index in [-0.39, 0.29) is 12.4 Å². The minimum absolute atomic E-state index is 0. The summed E-state index contributed by atoms with van der Waals surface area (Å²) in [5.74, 6) is 0. The molecule has 1 heterocycles. The Labute approximate surface area is 61.5 Å². The van der Waals surface area contributed by atoms with Gasteiger partial charge in [-0.15, -0.1) is 12.4 Å². The number of hydrogen-bond donors (Lipinski definition) is 1. The molecule has 54 valence electrons. The van der Waals surface area contributed by atoms with Gasteiger partial charge in [-0.1, -0.05) is 6.08 Å². The summed E-state index contributed by atoms with van der Waals surface area (Å²) >= 11 is 0. The van der Waals surface area contributed by atoms with Crippen LogP contribution in [-0.4, -0.2) is 19.8 Å². The highest BCUT2D eigenvalue weighted by Gasteiger charge is 1.98. The zero-order valence-electron chi connectivity index (χ0n) is 5.30. The van der Waals surface area contributed by atoms with Crippen LogP contribution in [-0.2, 0) is 4.74 Å². The van der Waals surface area contributed by atoms with Gasteiger partial charge >= 0.3 is 0 Å². The second kappa shape index (κ2) is 4.79. The molecule has 0 aliphatic carbocycles. The van der Waals surface area contributed by atoms with Crippen molar-refractivity contribution in [1.29, 1.82) is 0 Å². The molecule has 1 rings (SSSR count). The van der Waals surface area contributed by atoms with E-state index in [0.29, 0.717) is 6.54 Å². The van der Waals surface area contributed by atoms with Crippen molar-refractivity contribution >= 4 is 12.4 Å². The zero-order chi connectivity index (χ0) is 5.82. The molecule has 0 atom stereocenters. The maximum Gasteiger partial charge on any atom is 0.0689 e. The van der Waals surface area contributed by atoms with Crippen LogP contribution in [0.15, 0.2) is 11.6 Å². The summed E-state index contributed by atoms with van der Waals surface area (Å²) in [4.78, 5) is 0. The predicted octanol–water partition coefficient (Wildman–Crippen LogP) is 0.714. The summed E-state index contributed by atoms with van der Waals surface area (Å²) < 4.78 is 5.12. The van der Waals surface area contributed by atoms with Crippen molar-refractivity contribution in [3.63, 3.8) is 0 Å². The lowest BCUT2D eigenvalue weighted by atomic mass is 10.2. The van der Waals surface area contributed by atoms with Crippen molar-refractivity contribution in [1.82, 2.24) is 0 Å². The van der Waals surface area contributed by atoms with Crippen molar-refractivity contribution in [3.05, 3.63) is 11.6 Å². The zero-order valence-corrected chi connectivity index (χ0v) is 6.12. The van der Waals surface area contributed by atoms with E-state index >= 15 is 0 Å². The highest BCUT2D eigenvalue weighted by Crippen LogP contribution is 2.02. The Morgan fingerprint density at radius 2 is 2.44 bits per heavy atom. The fourth-order valence-corrected chi connectivity index (χ4v) is 0.751. The average molecular weight is 150 g/mol. The topological polar surface area (TPSA) is 35.2 Å². The molecule has 0 aromatic heterocycles. The molecule has 2 N–H and O–H groups in total. The first kappa shape index (κ1) is 8.95. The van der Waals surface area contributed by atoms with Crippen molar-refractivity contribution < 1.29 is 4.74 Å². The van der Waals surface area contributed by atoms with Crippen LogP contribution in [0.3, 0.4) is 0 Å². The Bertz CT molecular complexity index is 103. The molecule has 3 heteroatoms. The third-order valence-corrected chi connectivity index (χ3v) is 1.24. The number of nitrogens with two attached hydrogens (primary N) is 1. The Morgan fingerprint density at radius 1 is 1.67 bits per heavy atom. The van der Waals surface area contributed by atoms with Crippen LogP contribution in [0.5, 0.6) is 0 Å². The van der Waals surface area contributed by atoms with Gasteiger partial charge in [0.2, 0.25) is 0 Å². The summed E-state index contributed by atoms with van der Waals surface area (Å²) in [6.45, 7) is 2.26. The molecule has 0 unspecified atom stereocenters. The van der Waals surface area contributed by atoms with Gasteiger partial charge in [0.25, 0.3) is 0 Å². The molecule has 0 radical (unpaired) electrons. The molecule has 0 fully saturated rings. The van der Waals surface area contributed by atoms with E-state index in [0.717, 1.165) is 19.6 Å². The Kier molecular flexibility index (Phi) is 4.77. The van der Waals surface area contributed by atoms with Gasteiger partial charge < -0.3 is 10.5 Å². The highest BCUT2D eigenvalue weighted by atomic mass is 35.5. The first-order valence-corrected chi connectivity index (χ1v) is 2.89. The second-order valence-corrected chi connectivity index (χ2v) is 1.91. The van der Waals surface area contributed by atoms with Gasteiger partial charge in [0.15, 0.2) is 0 Å². The second-order valence-electron chi connectivity index (χ2n) is 1.91. The van der Waals surface area contributed by atoms with Crippen LogP contribution in [0.2, 0.25) is 0 Å². The first-order valence-electron chi connectivity index (χ1n) is 2.89. The summed E-state index contributed by atoms with van der Waals surface area (Å²) in [7, 11) is 0. The van der Waals surface area contributed by atoms with Gasteiger partial charge in [-0.3, -0.25) is 0 Å². The monoisotopic (exact) mass is 149 g/mol. The maximum absolute atomic E-state index is 5.35. The first-order chi connectivity index (χ1) is 3.93. The van der Waals surface area contributed by atoms with E-state index in [1.807, 2.05) is 0 Å². The molecule has 1 aliphatic heterocycles. The quantitative estimate of drug-likeness (QED) is 0.558. The molecule has 2 nitrogen and oxygen atoms in total. The molecule has 0 aromatic carbocycles. The van der Waals surface area contributed by atoms with Crippen molar-refractivity contribution in [2.24, 2.45) is 5.73 Å². The smallest absolute Gasteiger partial charge is 0.0689 e. The molecular formula is C6H12ClNO. The minimum atomic E-state index is 0. The van der Waals surface area contributed by atoms with Crippen molar-refractivity contribution in [2.75, 3.05) is 19.8 Å². The largest absolute Gasteiger partial charge is 0.377 e. The fraction of sp³-hybridized carbons (Fsp3) is 0.667. The molecule has 0 saturated heterocycles. The summed E-state index contributed by atoms with van der Waals surface area (Å²) in [6, 6.07) is 0. The van der Waals surface area contributed by atoms with Gasteiger partial charge in [0.1, 0.15) is 0 Å². The van der Waals surface area contributed by atoms with Gasteiger partial charge in [-0.2, -0.15) is 0 Å². The van der Waals surface area contributed by atoms with E-state index in [1.54, 1.807) is 0 Å². The molecule has 0 bridgehead atoms. The number of ether oxygens (including phenoxy) is 1. The molecule has 1 aliphatic rings. The van der Waals surface area contributed by atoms with Gasteiger partial charge in [-0.25, -0.2) is 0 Å². The maximum atomic E-state index is 5.35. The van der Waals surface area contributed by atoms with E-state index in [2.05, 4.69) is 6.08 Å². The van der Waals surface area contributed by atoms with E-state index in [4.69, 9.17) is 10.5 Å². The summed E-state index contributed by atoms with van der Waals surface area (Å²) in [6.07, 6.45) is 3.19. The SMILES string of the molecule is Cl.NCC1=CCCOC1. The Balaban J connectivity index is 0.000000640. The molecule has 0 spiro atoms. The van der Waals surface area contributed by atoms with Crippen LogP contribution in [0.1, 0.15) is 6.42 Å². The fourth-order valence-electron chi connectivity index (χ4n) is 0.751. The lowest BCUT2D eigenvalue weighted by molar-refractivity contribution is 0.149. The van der Waals surface area contributed by atoms with Crippen LogP contribution in [0, 0.1) is 0 Å². The number of hydrogen-bond acceptors (Lipinski definition) is 2. The van der Waals surface area contributed by atoms with Crippen LogP contribution in [0.4, 0.5) is 0 Å². The standard InChI is InChI=1S/C6H11NO.ClH/c7-4-6-2-1-3-8-5-6;/h2H,1,3-5,7H2;1H. The predicted molar refractivity (Wildman–Crippen MR) is 39.8 cm³/mol. The van der Waals surface area contributed by atoms with Crippen LogP contribution < -0.4 is 5.73 Å². The molecule has 0 aromatic rings. The summed E-state index contributed by atoms with van der Waals surface area (Å²) in [5, 5.41) is 0. The van der Waals surface area contributed by atoms with Gasteiger partial charge in [0.05, 0.1) is 13.2 Å². The van der Waals surface area contributed by atoms with Crippen molar-refractivity contribution in [2.45, 2.75) is 6.42 Å². The van der Waals surface area contributed by atoms with Gasteiger partial charge in [-0.05, 0) is 12.0 Å². The molecular weight excluding hydrogens is 138 g/mol. The third-order valence-electron chi connectivity index (χ3n) is 1.24. The Morgan fingerprint density at radius 3 is 2.78 bits per heavy atom. The molecule has 0 saturated carbocycles. The third kappa shape index (κ3) is 2.84. The van der Waals surface area contributed by atoms with E-state index in [1.165, 1.54) is 5.57 Å². The molecule has 0 amide bonds. The summed E-state index contributed by atoms with van der Waals surface area (Å²) in [5.41, 5.74) is 6.59. The number of rotatable bonds is 1. The van der Waals surface area contributed by atoms with Crippen molar-refractivity contribution in [3.8, 4) is 0 Å². The lowest BCUT2D eigenvalue weighted by Crippen LogP contribution is -2.13. The van der Waals surface area contributed by atoms with Crippen LogP contribution >= 0.6 is 12.4 Å². The van der Waals surface area contributed by atoms with Crippen LogP contribution in [0.25, 0.3) is 0 Å². The highest BCUT2D eigenvalue weighted by molar-refractivity contribution is 5.85. The van der Waals surface area contributed by atoms with E-state index < -0.39 is 0 Å². The molecule has 9 heavy (non-hydrogen) atoms. The normalized spacial score (nSPS) is 18.1. The van der Waals surface area contributed by atoms with Gasteiger partial charge in [0, 0.05) is 6.54 Å². The average Bonchev–Trinajstić information content (AvgIpc) is 1.90. The lowest BCUT2D eigenvalue weighted by Gasteiger charge is -2.10. The minimum Gasteiger partial charge on any atom is -0.377 e. The Hall–Kier alpha value is -0.0500.